The molecule has 0 fully saturated rings. The first-order chi connectivity index (χ1) is 11.7. The first-order valence-corrected chi connectivity index (χ1v) is 8.19. The van der Waals surface area contributed by atoms with Gasteiger partial charge in [-0.05, 0) is 45.4 Å². The van der Waals surface area contributed by atoms with Crippen molar-refractivity contribution >= 4 is 39.6 Å². The quantitative estimate of drug-likeness (QED) is 0.441. The van der Waals surface area contributed by atoms with Gasteiger partial charge in [-0.1, -0.05) is 11.6 Å². The Morgan fingerprint density at radius 2 is 1.76 bits per heavy atom. The molecule has 6 heteroatoms. The Labute approximate surface area is 147 Å². The summed E-state index contributed by atoms with van der Waals surface area (Å²) in [5.74, 6) is 0.956. The monoisotopic (exact) mass is 358 g/mol. The van der Waals surface area contributed by atoms with Crippen LogP contribution in [-0.2, 0) is 0 Å². The molecular weight excluding hydrogens is 344 g/mol. The van der Waals surface area contributed by atoms with E-state index >= 15 is 0 Å². The number of benzene rings is 1. The van der Waals surface area contributed by atoms with Gasteiger partial charge in [0.25, 0.3) is 0 Å². The summed E-state index contributed by atoms with van der Waals surface area (Å²) in [6, 6.07) is 1.37. The third-order valence-corrected chi connectivity index (χ3v) is 4.77. The molecule has 25 heavy (non-hydrogen) atoms. The molecule has 0 saturated carbocycles. The topological polar surface area (TPSA) is 69.7 Å². The van der Waals surface area contributed by atoms with Crippen LogP contribution in [0.5, 0.6) is 5.75 Å². The molecule has 0 saturated heterocycles. The maximum Gasteiger partial charge on any atom is 0.355 e. The summed E-state index contributed by atoms with van der Waals surface area (Å²) in [7, 11) is 0. The minimum Gasteiger partial charge on any atom is -0.482 e. The van der Waals surface area contributed by atoms with Gasteiger partial charge < -0.3 is 13.6 Å². The zero-order valence-corrected chi connectivity index (χ0v) is 14.9. The second-order valence-electron chi connectivity index (χ2n) is 6.74. The molecule has 0 N–H and O–H groups in total. The summed E-state index contributed by atoms with van der Waals surface area (Å²) in [5, 5.41) is 0.700. The third-order valence-electron chi connectivity index (χ3n) is 4.34. The van der Waals surface area contributed by atoms with Crippen molar-refractivity contribution in [1.29, 1.82) is 0 Å². The van der Waals surface area contributed by atoms with E-state index in [1.54, 1.807) is 13.8 Å². The predicted octanol–water partition coefficient (Wildman–Crippen LogP) is 4.35. The van der Waals surface area contributed by atoms with Crippen LogP contribution in [0.1, 0.15) is 30.7 Å². The zero-order valence-electron chi connectivity index (χ0n) is 14.2. The van der Waals surface area contributed by atoms with Gasteiger partial charge in [-0.2, -0.15) is 0 Å². The van der Waals surface area contributed by atoms with Crippen LogP contribution in [0.4, 0.5) is 0 Å². The highest BCUT2D eigenvalue weighted by Crippen LogP contribution is 2.44. The standard InChI is InChI=1S/C19H15ClO5/c1-8-7-11(21)13-15(23-8)10-5-6-19(3,4)25-16(10)12-9(2)14(20)18(22)24-17(12)13/h5-7H,1-4H3. The Balaban J connectivity index is 2.38. The van der Waals surface area contributed by atoms with Gasteiger partial charge in [-0.25, -0.2) is 4.79 Å². The molecule has 3 aromatic rings. The Kier molecular flexibility index (Phi) is 3.19. The summed E-state index contributed by atoms with van der Waals surface area (Å²) in [6.45, 7) is 7.21. The van der Waals surface area contributed by atoms with Gasteiger partial charge >= 0.3 is 5.63 Å². The molecule has 0 atom stereocenters. The smallest absolute Gasteiger partial charge is 0.355 e. The van der Waals surface area contributed by atoms with E-state index in [-0.39, 0.29) is 21.4 Å². The summed E-state index contributed by atoms with van der Waals surface area (Å²) in [6.07, 6.45) is 3.75. The third kappa shape index (κ3) is 2.23. The SMILES string of the molecule is Cc1cc(=O)c2c(o1)c1c(c3c(C)c(Cl)c(=O)oc32)OC(C)(C)C=C1. The van der Waals surface area contributed by atoms with E-state index in [0.717, 1.165) is 0 Å². The number of rotatable bonds is 0. The van der Waals surface area contributed by atoms with Crippen molar-refractivity contribution in [2.45, 2.75) is 33.3 Å². The fourth-order valence-electron chi connectivity index (χ4n) is 3.16. The zero-order chi connectivity index (χ0) is 18.1. The van der Waals surface area contributed by atoms with Crippen LogP contribution in [0.15, 0.2) is 30.6 Å². The maximum atomic E-state index is 12.6. The van der Waals surface area contributed by atoms with E-state index in [4.69, 9.17) is 25.2 Å². The molecule has 3 heterocycles. The van der Waals surface area contributed by atoms with Crippen molar-refractivity contribution in [3.8, 4) is 5.75 Å². The molecule has 1 aliphatic rings. The number of aryl methyl sites for hydroxylation is 2. The number of hydrogen-bond acceptors (Lipinski definition) is 5. The van der Waals surface area contributed by atoms with Crippen molar-refractivity contribution in [3.05, 3.63) is 54.7 Å². The minimum atomic E-state index is -0.696. The molecule has 0 bridgehead atoms. The normalized spacial score (nSPS) is 15.4. The van der Waals surface area contributed by atoms with E-state index < -0.39 is 11.2 Å². The molecule has 0 unspecified atom stereocenters. The molecule has 4 rings (SSSR count). The van der Waals surface area contributed by atoms with E-state index in [0.29, 0.717) is 33.6 Å². The van der Waals surface area contributed by atoms with Crippen LogP contribution in [-0.4, -0.2) is 5.60 Å². The van der Waals surface area contributed by atoms with Crippen LogP contribution in [0.25, 0.3) is 28.0 Å². The summed E-state index contributed by atoms with van der Waals surface area (Å²) < 4.78 is 17.3. The van der Waals surface area contributed by atoms with Crippen LogP contribution in [0.2, 0.25) is 5.02 Å². The predicted molar refractivity (Wildman–Crippen MR) is 96.8 cm³/mol. The number of ether oxygens (including phenoxy) is 1. The van der Waals surface area contributed by atoms with E-state index in [1.807, 2.05) is 26.0 Å². The molecule has 0 radical (unpaired) electrons. The summed E-state index contributed by atoms with van der Waals surface area (Å²) >= 11 is 6.11. The maximum absolute atomic E-state index is 12.6. The van der Waals surface area contributed by atoms with Crippen molar-refractivity contribution in [3.63, 3.8) is 0 Å². The molecule has 1 aliphatic heterocycles. The van der Waals surface area contributed by atoms with Crippen molar-refractivity contribution in [2.75, 3.05) is 0 Å². The highest BCUT2D eigenvalue weighted by Gasteiger charge is 2.30. The Bertz CT molecular complexity index is 1210. The van der Waals surface area contributed by atoms with E-state index in [9.17, 15) is 9.59 Å². The number of hydrogen-bond donors (Lipinski definition) is 0. The largest absolute Gasteiger partial charge is 0.482 e. The van der Waals surface area contributed by atoms with Crippen LogP contribution in [0.3, 0.4) is 0 Å². The van der Waals surface area contributed by atoms with Gasteiger partial charge in [0.2, 0.25) is 0 Å². The van der Waals surface area contributed by atoms with Gasteiger partial charge in [0.15, 0.2) is 16.6 Å². The van der Waals surface area contributed by atoms with Gasteiger partial charge in [0, 0.05) is 6.07 Å². The van der Waals surface area contributed by atoms with Crippen molar-refractivity contribution < 1.29 is 13.6 Å². The molecule has 0 spiro atoms. The average Bonchev–Trinajstić information content (AvgIpc) is 2.50. The fraction of sp³-hybridized carbons (Fsp3) is 0.263. The Morgan fingerprint density at radius 3 is 2.48 bits per heavy atom. The van der Waals surface area contributed by atoms with Crippen LogP contribution >= 0.6 is 11.6 Å². The Morgan fingerprint density at radius 1 is 1.04 bits per heavy atom. The van der Waals surface area contributed by atoms with E-state index in [2.05, 4.69) is 0 Å². The van der Waals surface area contributed by atoms with Crippen LogP contribution in [0, 0.1) is 13.8 Å². The molecule has 0 aliphatic carbocycles. The van der Waals surface area contributed by atoms with E-state index in [1.165, 1.54) is 6.07 Å². The van der Waals surface area contributed by atoms with Gasteiger partial charge in [0.05, 0.1) is 10.9 Å². The number of fused-ring (bicyclic) bond motifs is 6. The molecule has 0 amide bonds. The van der Waals surface area contributed by atoms with Gasteiger partial charge in [0.1, 0.15) is 27.5 Å². The van der Waals surface area contributed by atoms with Crippen LogP contribution < -0.4 is 15.8 Å². The lowest BCUT2D eigenvalue weighted by molar-refractivity contribution is 0.161. The lowest BCUT2D eigenvalue weighted by Crippen LogP contribution is -2.28. The second-order valence-corrected chi connectivity index (χ2v) is 7.12. The molecule has 2 aromatic heterocycles. The average molecular weight is 359 g/mol. The summed E-state index contributed by atoms with van der Waals surface area (Å²) in [4.78, 5) is 24.7. The lowest BCUT2D eigenvalue weighted by atomic mass is 9.96. The molecule has 5 nitrogen and oxygen atoms in total. The fourth-order valence-corrected chi connectivity index (χ4v) is 3.30. The second kappa shape index (κ2) is 4.99. The van der Waals surface area contributed by atoms with Gasteiger partial charge in [-0.3, -0.25) is 4.79 Å². The van der Waals surface area contributed by atoms with Gasteiger partial charge in [-0.15, -0.1) is 0 Å². The summed E-state index contributed by atoms with van der Waals surface area (Å²) in [5.41, 5.74) is 0.0813. The first kappa shape index (κ1) is 16.0. The van der Waals surface area contributed by atoms with Crippen molar-refractivity contribution in [2.24, 2.45) is 0 Å². The molecule has 1 aromatic carbocycles. The highest BCUT2D eigenvalue weighted by molar-refractivity contribution is 6.32. The minimum absolute atomic E-state index is 0.0264. The lowest BCUT2D eigenvalue weighted by Gasteiger charge is -2.29. The first-order valence-electron chi connectivity index (χ1n) is 7.81. The molecule has 128 valence electrons. The highest BCUT2D eigenvalue weighted by atomic mass is 35.5. The molecular formula is C19H15ClO5. The number of halogens is 1. The Hall–Kier alpha value is -2.53. The van der Waals surface area contributed by atoms with Crippen molar-refractivity contribution in [1.82, 2.24) is 0 Å².